The van der Waals surface area contributed by atoms with Crippen LogP contribution in [0.25, 0.3) is 0 Å². The Balaban J connectivity index is 0.00000120. The Labute approximate surface area is 116 Å². The van der Waals surface area contributed by atoms with Gasteiger partial charge in [0.25, 0.3) is 0 Å². The number of rotatable bonds is 3. The summed E-state index contributed by atoms with van der Waals surface area (Å²) < 4.78 is 0. The van der Waals surface area contributed by atoms with Gasteiger partial charge in [-0.15, -0.1) is 12.4 Å². The highest BCUT2D eigenvalue weighted by atomic mass is 35.5. The number of hydrogen-bond donors (Lipinski definition) is 1. The van der Waals surface area contributed by atoms with Crippen molar-refractivity contribution >= 4 is 18.3 Å². The van der Waals surface area contributed by atoms with E-state index in [0.717, 1.165) is 44.3 Å². The van der Waals surface area contributed by atoms with Crippen LogP contribution in [0.2, 0.25) is 0 Å². The largest absolute Gasteiger partial charge is 0.342 e. The van der Waals surface area contributed by atoms with Crippen molar-refractivity contribution in [3.05, 3.63) is 0 Å². The number of carbonyl (C=O) groups excluding carboxylic acids is 1. The van der Waals surface area contributed by atoms with E-state index >= 15 is 0 Å². The number of nitrogens with zero attached hydrogens (tertiary/aromatic N) is 1. The molecular formula is C14H25ClN2O. The molecule has 3 rings (SSSR count). The topological polar surface area (TPSA) is 32.3 Å². The highest BCUT2D eigenvalue weighted by Crippen LogP contribution is 2.37. The molecule has 2 aliphatic heterocycles. The molecule has 1 N–H and O–H groups in total. The molecule has 1 aliphatic carbocycles. The van der Waals surface area contributed by atoms with Gasteiger partial charge in [-0.3, -0.25) is 4.79 Å². The molecule has 3 aliphatic rings. The number of fused-ring (bicyclic) bond motifs is 1. The summed E-state index contributed by atoms with van der Waals surface area (Å²) >= 11 is 0. The van der Waals surface area contributed by atoms with Gasteiger partial charge in [-0.25, -0.2) is 0 Å². The molecule has 0 spiro atoms. The van der Waals surface area contributed by atoms with Gasteiger partial charge in [0.05, 0.1) is 0 Å². The van der Waals surface area contributed by atoms with Crippen LogP contribution in [0.4, 0.5) is 0 Å². The smallest absolute Gasteiger partial charge is 0.222 e. The quantitative estimate of drug-likeness (QED) is 0.854. The average molecular weight is 273 g/mol. The minimum Gasteiger partial charge on any atom is -0.342 e. The minimum absolute atomic E-state index is 0. The summed E-state index contributed by atoms with van der Waals surface area (Å²) in [4.78, 5) is 14.3. The van der Waals surface area contributed by atoms with Gasteiger partial charge < -0.3 is 10.2 Å². The summed E-state index contributed by atoms with van der Waals surface area (Å²) in [5, 5.41) is 3.47. The first-order chi connectivity index (χ1) is 8.33. The van der Waals surface area contributed by atoms with Gasteiger partial charge in [-0.05, 0) is 50.5 Å². The van der Waals surface area contributed by atoms with Gasteiger partial charge in [0.15, 0.2) is 0 Å². The highest BCUT2D eigenvalue weighted by Gasteiger charge is 2.37. The summed E-state index contributed by atoms with van der Waals surface area (Å²) in [6.07, 6.45) is 8.47. The minimum atomic E-state index is 0. The van der Waals surface area contributed by atoms with Crippen LogP contribution in [0, 0.1) is 11.8 Å². The number of likely N-dealkylation sites (tertiary alicyclic amines) is 1. The fourth-order valence-corrected chi connectivity index (χ4v) is 3.90. The molecule has 3 atom stereocenters. The lowest BCUT2D eigenvalue weighted by Crippen LogP contribution is -2.31. The predicted octanol–water partition coefficient (Wildman–Crippen LogP) is 2.20. The van der Waals surface area contributed by atoms with Crippen molar-refractivity contribution in [2.24, 2.45) is 11.8 Å². The van der Waals surface area contributed by atoms with Crippen LogP contribution in [-0.4, -0.2) is 36.5 Å². The Morgan fingerprint density at radius 3 is 2.44 bits per heavy atom. The molecule has 104 valence electrons. The van der Waals surface area contributed by atoms with E-state index in [-0.39, 0.29) is 12.4 Å². The summed E-state index contributed by atoms with van der Waals surface area (Å²) in [7, 11) is 0. The average Bonchev–Trinajstić information content (AvgIpc) is 3.01. The van der Waals surface area contributed by atoms with Crippen molar-refractivity contribution < 1.29 is 4.79 Å². The van der Waals surface area contributed by atoms with Gasteiger partial charge in [0, 0.05) is 25.6 Å². The molecule has 0 aromatic carbocycles. The number of nitrogens with one attached hydrogen (secondary N) is 1. The third kappa shape index (κ3) is 3.00. The number of carbonyl (C=O) groups is 1. The summed E-state index contributed by atoms with van der Waals surface area (Å²) in [6.45, 7) is 3.26. The number of hydrogen-bond acceptors (Lipinski definition) is 2. The van der Waals surface area contributed by atoms with Crippen molar-refractivity contribution in [2.75, 3.05) is 19.6 Å². The van der Waals surface area contributed by atoms with E-state index < -0.39 is 0 Å². The molecular weight excluding hydrogens is 248 g/mol. The zero-order valence-corrected chi connectivity index (χ0v) is 11.9. The predicted molar refractivity (Wildman–Crippen MR) is 74.9 cm³/mol. The van der Waals surface area contributed by atoms with E-state index in [2.05, 4.69) is 10.2 Å². The molecule has 3 fully saturated rings. The van der Waals surface area contributed by atoms with Crippen molar-refractivity contribution in [3.63, 3.8) is 0 Å². The molecule has 0 aromatic heterocycles. The monoisotopic (exact) mass is 272 g/mol. The van der Waals surface area contributed by atoms with E-state index in [1.54, 1.807) is 0 Å². The van der Waals surface area contributed by atoms with Gasteiger partial charge in [0.1, 0.15) is 0 Å². The molecule has 0 bridgehead atoms. The van der Waals surface area contributed by atoms with Crippen LogP contribution < -0.4 is 5.32 Å². The van der Waals surface area contributed by atoms with E-state index in [0.29, 0.717) is 11.9 Å². The van der Waals surface area contributed by atoms with Gasteiger partial charge in [-0.1, -0.05) is 6.42 Å². The Morgan fingerprint density at radius 1 is 1.11 bits per heavy atom. The van der Waals surface area contributed by atoms with Crippen molar-refractivity contribution in [1.82, 2.24) is 10.2 Å². The van der Waals surface area contributed by atoms with E-state index in [9.17, 15) is 4.79 Å². The fraction of sp³-hybridized carbons (Fsp3) is 0.929. The summed E-state index contributed by atoms with van der Waals surface area (Å²) in [5.41, 5.74) is 0. The third-order valence-corrected chi connectivity index (χ3v) is 4.95. The fourth-order valence-electron chi connectivity index (χ4n) is 3.90. The summed E-state index contributed by atoms with van der Waals surface area (Å²) in [5.74, 6) is 2.08. The lowest BCUT2D eigenvalue weighted by Gasteiger charge is -2.18. The standard InChI is InChI=1S/C14H24N2O.ClH/c17-14(7-6-13-5-2-8-15-13)16-9-11-3-1-4-12(11)10-16;/h11-13,15H,1-10H2;1H. The van der Waals surface area contributed by atoms with Crippen LogP contribution in [0.5, 0.6) is 0 Å². The van der Waals surface area contributed by atoms with Gasteiger partial charge >= 0.3 is 0 Å². The molecule has 4 heteroatoms. The first kappa shape index (κ1) is 14.1. The molecule has 1 saturated carbocycles. The third-order valence-electron chi connectivity index (χ3n) is 4.95. The lowest BCUT2D eigenvalue weighted by molar-refractivity contribution is -0.130. The van der Waals surface area contributed by atoms with Gasteiger partial charge in [0.2, 0.25) is 5.91 Å². The van der Waals surface area contributed by atoms with Crippen LogP contribution in [-0.2, 0) is 4.79 Å². The Hall–Kier alpha value is -0.280. The second-order valence-corrected chi connectivity index (χ2v) is 6.08. The second-order valence-electron chi connectivity index (χ2n) is 6.08. The van der Waals surface area contributed by atoms with Crippen LogP contribution in [0.1, 0.15) is 44.9 Å². The van der Waals surface area contributed by atoms with E-state index in [1.165, 1.54) is 32.1 Å². The Bertz CT molecular complexity index is 280. The molecule has 0 aromatic rings. The second kappa shape index (κ2) is 6.25. The maximum atomic E-state index is 12.1. The maximum absolute atomic E-state index is 12.1. The first-order valence-corrected chi connectivity index (χ1v) is 7.34. The van der Waals surface area contributed by atoms with Crippen molar-refractivity contribution in [1.29, 1.82) is 0 Å². The number of amides is 1. The first-order valence-electron chi connectivity index (χ1n) is 7.34. The molecule has 3 unspecified atom stereocenters. The Kier molecular flexibility index (Phi) is 4.91. The molecule has 18 heavy (non-hydrogen) atoms. The van der Waals surface area contributed by atoms with Crippen LogP contribution in [0.15, 0.2) is 0 Å². The lowest BCUT2D eigenvalue weighted by atomic mass is 10.0. The van der Waals surface area contributed by atoms with E-state index in [1.807, 2.05) is 0 Å². The molecule has 0 radical (unpaired) electrons. The normalized spacial score (nSPS) is 34.4. The highest BCUT2D eigenvalue weighted by molar-refractivity contribution is 5.85. The zero-order chi connectivity index (χ0) is 11.7. The molecule has 2 saturated heterocycles. The maximum Gasteiger partial charge on any atom is 0.222 e. The van der Waals surface area contributed by atoms with Gasteiger partial charge in [-0.2, -0.15) is 0 Å². The van der Waals surface area contributed by atoms with Crippen molar-refractivity contribution in [3.8, 4) is 0 Å². The van der Waals surface area contributed by atoms with E-state index in [4.69, 9.17) is 0 Å². The van der Waals surface area contributed by atoms with Crippen LogP contribution >= 0.6 is 12.4 Å². The summed E-state index contributed by atoms with van der Waals surface area (Å²) in [6, 6.07) is 0.612. The molecule has 2 heterocycles. The zero-order valence-electron chi connectivity index (χ0n) is 11.1. The molecule has 3 nitrogen and oxygen atoms in total. The van der Waals surface area contributed by atoms with Crippen LogP contribution in [0.3, 0.4) is 0 Å². The van der Waals surface area contributed by atoms with Crippen molar-refractivity contribution in [2.45, 2.75) is 51.0 Å². The molecule has 1 amide bonds. The number of halogens is 1. The Morgan fingerprint density at radius 2 is 1.83 bits per heavy atom. The SMILES string of the molecule is Cl.O=C(CCC1CCCN1)N1CC2CCCC2C1.